The summed E-state index contributed by atoms with van der Waals surface area (Å²) in [6, 6.07) is 11.3. The van der Waals surface area contributed by atoms with Gasteiger partial charge >= 0.3 is 0 Å². The van der Waals surface area contributed by atoms with Gasteiger partial charge in [-0.05, 0) is 35.9 Å². The molecule has 1 aromatic carbocycles. The molecule has 3 heterocycles. The second-order valence-electron chi connectivity index (χ2n) is 5.16. The van der Waals surface area contributed by atoms with Crippen LogP contribution >= 0.6 is 0 Å². The first-order valence-electron chi connectivity index (χ1n) is 7.16. The fraction of sp³-hybridized carbons (Fsp3) is 0. The minimum Gasteiger partial charge on any atom is -0.472 e. The van der Waals surface area contributed by atoms with Gasteiger partial charge in [-0.2, -0.15) is 0 Å². The lowest BCUT2D eigenvalue weighted by molar-refractivity contribution is 0.102. The number of fused-ring (bicyclic) bond motifs is 1. The first-order valence-corrected chi connectivity index (χ1v) is 7.16. The van der Waals surface area contributed by atoms with Gasteiger partial charge in [0, 0.05) is 40.7 Å². The average molecular weight is 303 g/mol. The van der Waals surface area contributed by atoms with Crippen molar-refractivity contribution in [3.63, 3.8) is 0 Å². The molecule has 0 aliphatic carbocycles. The lowest BCUT2D eigenvalue weighted by atomic mass is 10.0. The molecule has 23 heavy (non-hydrogen) atoms. The van der Waals surface area contributed by atoms with E-state index in [0.717, 1.165) is 22.0 Å². The number of rotatable bonds is 3. The summed E-state index contributed by atoms with van der Waals surface area (Å²) >= 11 is 0. The van der Waals surface area contributed by atoms with Gasteiger partial charge in [-0.25, -0.2) is 0 Å². The summed E-state index contributed by atoms with van der Waals surface area (Å²) in [5.41, 5.74) is 4.21. The first kappa shape index (κ1) is 13.3. The van der Waals surface area contributed by atoms with Crippen LogP contribution in [0, 0.1) is 0 Å². The van der Waals surface area contributed by atoms with Crippen molar-refractivity contribution in [2.45, 2.75) is 0 Å². The molecule has 0 saturated carbocycles. The maximum Gasteiger partial charge on any atom is 0.257 e. The number of aromatic nitrogens is 2. The Hall–Kier alpha value is -3.34. The molecule has 0 atom stereocenters. The zero-order valence-electron chi connectivity index (χ0n) is 12.1. The molecule has 4 rings (SSSR count). The number of hydrogen-bond donors (Lipinski definition) is 2. The van der Waals surface area contributed by atoms with E-state index in [1.807, 2.05) is 24.3 Å². The molecule has 4 aromatic rings. The second kappa shape index (κ2) is 5.46. The highest BCUT2D eigenvalue weighted by Crippen LogP contribution is 2.27. The third-order valence-electron chi connectivity index (χ3n) is 3.72. The minimum atomic E-state index is -0.160. The van der Waals surface area contributed by atoms with Gasteiger partial charge in [-0.1, -0.05) is 6.07 Å². The Labute approximate surface area is 132 Å². The number of carbonyl (C=O) groups is 1. The van der Waals surface area contributed by atoms with Crippen LogP contribution in [0.4, 0.5) is 5.69 Å². The Balaban J connectivity index is 1.72. The Morgan fingerprint density at radius 2 is 1.96 bits per heavy atom. The van der Waals surface area contributed by atoms with Gasteiger partial charge in [-0.15, -0.1) is 0 Å². The molecule has 0 aliphatic heterocycles. The van der Waals surface area contributed by atoms with E-state index in [0.29, 0.717) is 11.3 Å². The number of benzene rings is 1. The lowest BCUT2D eigenvalue weighted by Crippen LogP contribution is -2.11. The van der Waals surface area contributed by atoms with E-state index in [-0.39, 0.29) is 5.91 Å². The molecule has 0 spiro atoms. The van der Waals surface area contributed by atoms with Crippen molar-refractivity contribution in [2.75, 3.05) is 5.32 Å². The summed E-state index contributed by atoms with van der Waals surface area (Å²) < 4.78 is 5.13. The number of anilines is 1. The van der Waals surface area contributed by atoms with Crippen LogP contribution in [-0.2, 0) is 0 Å². The van der Waals surface area contributed by atoms with Crippen LogP contribution in [0.1, 0.15) is 10.4 Å². The number of hydrogen-bond acceptors (Lipinski definition) is 3. The van der Waals surface area contributed by atoms with E-state index in [9.17, 15) is 4.79 Å². The molecule has 2 N–H and O–H groups in total. The molecule has 0 aliphatic rings. The van der Waals surface area contributed by atoms with Gasteiger partial charge in [0.1, 0.15) is 0 Å². The van der Waals surface area contributed by atoms with Crippen LogP contribution in [0.25, 0.3) is 22.0 Å². The van der Waals surface area contributed by atoms with E-state index < -0.39 is 0 Å². The molecule has 0 fully saturated rings. The minimum absolute atomic E-state index is 0.160. The molecular weight excluding hydrogens is 290 g/mol. The van der Waals surface area contributed by atoms with Crippen LogP contribution < -0.4 is 5.32 Å². The number of nitrogens with one attached hydrogen (secondary N) is 2. The molecule has 0 saturated heterocycles. The van der Waals surface area contributed by atoms with E-state index in [4.69, 9.17) is 4.42 Å². The average Bonchev–Trinajstić information content (AvgIpc) is 3.25. The maximum atomic E-state index is 12.5. The van der Waals surface area contributed by atoms with Crippen LogP contribution in [0.2, 0.25) is 0 Å². The summed E-state index contributed by atoms with van der Waals surface area (Å²) in [6.07, 6.45) is 8.32. The smallest absolute Gasteiger partial charge is 0.257 e. The number of aromatic amines is 1. The topological polar surface area (TPSA) is 70.9 Å². The molecule has 5 heteroatoms. The van der Waals surface area contributed by atoms with Crippen molar-refractivity contribution in [3.8, 4) is 11.1 Å². The van der Waals surface area contributed by atoms with Crippen LogP contribution in [-0.4, -0.2) is 15.9 Å². The van der Waals surface area contributed by atoms with Gasteiger partial charge in [-0.3, -0.25) is 9.78 Å². The Bertz CT molecular complexity index is 957. The Morgan fingerprint density at radius 3 is 2.74 bits per heavy atom. The van der Waals surface area contributed by atoms with Crippen LogP contribution in [0.5, 0.6) is 0 Å². The number of amides is 1. The van der Waals surface area contributed by atoms with E-state index in [2.05, 4.69) is 15.3 Å². The molecule has 0 bridgehead atoms. The van der Waals surface area contributed by atoms with Crippen molar-refractivity contribution in [1.29, 1.82) is 0 Å². The third kappa shape index (κ3) is 2.48. The van der Waals surface area contributed by atoms with E-state index >= 15 is 0 Å². The van der Waals surface area contributed by atoms with Gasteiger partial charge in [0.05, 0.1) is 18.1 Å². The third-order valence-corrected chi connectivity index (χ3v) is 3.72. The fourth-order valence-corrected chi connectivity index (χ4v) is 2.55. The van der Waals surface area contributed by atoms with Crippen molar-refractivity contribution in [1.82, 2.24) is 9.97 Å². The molecular formula is C18H13N3O2. The molecule has 3 aromatic heterocycles. The fourth-order valence-electron chi connectivity index (χ4n) is 2.55. The first-order chi connectivity index (χ1) is 11.3. The highest BCUT2D eigenvalue weighted by Gasteiger charge is 2.13. The molecule has 0 unspecified atom stereocenters. The quantitative estimate of drug-likeness (QED) is 0.599. The second-order valence-corrected chi connectivity index (χ2v) is 5.16. The number of nitrogens with zero attached hydrogens (tertiary/aromatic N) is 1. The zero-order valence-corrected chi connectivity index (χ0v) is 12.1. The summed E-state index contributed by atoms with van der Waals surface area (Å²) in [4.78, 5) is 19.6. The Kier molecular flexibility index (Phi) is 3.16. The van der Waals surface area contributed by atoms with Crippen LogP contribution in [0.15, 0.2) is 71.9 Å². The highest BCUT2D eigenvalue weighted by atomic mass is 16.3. The van der Waals surface area contributed by atoms with E-state index in [1.165, 1.54) is 0 Å². The zero-order chi connectivity index (χ0) is 15.6. The van der Waals surface area contributed by atoms with Crippen LogP contribution in [0.3, 0.4) is 0 Å². The van der Waals surface area contributed by atoms with Crippen molar-refractivity contribution < 1.29 is 9.21 Å². The standard InChI is InChI=1S/C18H13N3O2/c22-18(21-14-3-6-19-7-4-14)16-10-20-17-2-1-12(9-15(16)17)13-5-8-23-11-13/h1-11,20H,(H,19,21,22). The SMILES string of the molecule is O=C(Nc1ccncc1)c1c[nH]c2ccc(-c3ccoc3)cc12. The summed E-state index contributed by atoms with van der Waals surface area (Å²) in [5.74, 6) is -0.160. The molecule has 112 valence electrons. The number of pyridine rings is 1. The van der Waals surface area contributed by atoms with Crippen molar-refractivity contribution in [3.05, 3.63) is 73.1 Å². The monoisotopic (exact) mass is 303 g/mol. The number of H-pyrrole nitrogens is 1. The predicted octanol–water partition coefficient (Wildman–Crippen LogP) is 4.08. The van der Waals surface area contributed by atoms with Crippen molar-refractivity contribution in [2.24, 2.45) is 0 Å². The van der Waals surface area contributed by atoms with Gasteiger partial charge in [0.15, 0.2) is 0 Å². The molecule has 5 nitrogen and oxygen atoms in total. The maximum absolute atomic E-state index is 12.5. The normalized spacial score (nSPS) is 10.8. The predicted molar refractivity (Wildman–Crippen MR) is 88.2 cm³/mol. The summed E-state index contributed by atoms with van der Waals surface area (Å²) in [7, 11) is 0. The Morgan fingerprint density at radius 1 is 1.09 bits per heavy atom. The number of furan rings is 1. The van der Waals surface area contributed by atoms with Gasteiger partial charge < -0.3 is 14.7 Å². The van der Waals surface area contributed by atoms with Gasteiger partial charge in [0.2, 0.25) is 0 Å². The molecule has 1 amide bonds. The van der Waals surface area contributed by atoms with Gasteiger partial charge in [0.25, 0.3) is 5.91 Å². The highest BCUT2D eigenvalue weighted by molar-refractivity contribution is 6.13. The van der Waals surface area contributed by atoms with Crippen molar-refractivity contribution >= 4 is 22.5 Å². The van der Waals surface area contributed by atoms with E-state index in [1.54, 1.807) is 43.2 Å². The largest absolute Gasteiger partial charge is 0.472 e. The summed E-state index contributed by atoms with van der Waals surface area (Å²) in [5, 5.41) is 3.74. The summed E-state index contributed by atoms with van der Waals surface area (Å²) in [6.45, 7) is 0. The lowest BCUT2D eigenvalue weighted by Gasteiger charge is -2.04. The number of carbonyl (C=O) groups excluding carboxylic acids is 1. The molecule has 0 radical (unpaired) electrons.